The predicted molar refractivity (Wildman–Crippen MR) is 52.9 cm³/mol. The highest BCUT2D eigenvalue weighted by atomic mass is 19.3. The van der Waals surface area contributed by atoms with Gasteiger partial charge in [0.05, 0.1) is 13.2 Å². The third-order valence-electron chi connectivity index (χ3n) is 2.65. The van der Waals surface area contributed by atoms with Gasteiger partial charge in [0, 0.05) is 25.9 Å². The Morgan fingerprint density at radius 2 is 2.00 bits per heavy atom. The highest BCUT2D eigenvalue weighted by Gasteiger charge is 2.37. The maximum atomic E-state index is 12.8. The van der Waals surface area contributed by atoms with E-state index in [2.05, 4.69) is 5.48 Å². The highest BCUT2D eigenvalue weighted by Crippen LogP contribution is 2.36. The summed E-state index contributed by atoms with van der Waals surface area (Å²) in [5.41, 5.74) is 2.25. The Morgan fingerprint density at radius 3 is 2.56 bits per heavy atom. The van der Waals surface area contributed by atoms with Crippen molar-refractivity contribution in [2.24, 2.45) is 5.92 Å². The van der Waals surface area contributed by atoms with E-state index in [-0.39, 0.29) is 44.1 Å². The van der Waals surface area contributed by atoms with E-state index in [0.29, 0.717) is 6.61 Å². The molecule has 0 atom stereocenters. The molecule has 1 aliphatic carbocycles. The van der Waals surface area contributed by atoms with Gasteiger partial charge in [-0.2, -0.15) is 0 Å². The molecule has 6 heteroatoms. The summed E-state index contributed by atoms with van der Waals surface area (Å²) in [6.07, 6.45) is -0.00867. The van der Waals surface area contributed by atoms with E-state index in [9.17, 15) is 13.6 Å². The molecule has 0 radical (unpaired) electrons. The number of hydrogen-bond donors (Lipinski definition) is 1. The molecule has 0 aromatic rings. The van der Waals surface area contributed by atoms with E-state index in [0.717, 1.165) is 0 Å². The molecule has 1 N–H and O–H groups in total. The van der Waals surface area contributed by atoms with Crippen molar-refractivity contribution in [2.45, 2.75) is 31.6 Å². The molecular weight excluding hydrogens is 220 g/mol. The van der Waals surface area contributed by atoms with Crippen molar-refractivity contribution < 1.29 is 23.1 Å². The lowest BCUT2D eigenvalue weighted by atomic mass is 9.86. The highest BCUT2D eigenvalue weighted by molar-refractivity contribution is 5.77. The molecule has 0 aliphatic heterocycles. The Kier molecular flexibility index (Phi) is 5.08. The second-order valence-corrected chi connectivity index (χ2v) is 3.94. The summed E-state index contributed by atoms with van der Waals surface area (Å²) in [6.45, 7) is 0.633. The minimum Gasteiger partial charge on any atom is -0.382 e. The molecule has 94 valence electrons. The number of halogens is 2. The second-order valence-electron chi connectivity index (χ2n) is 3.94. The Balaban J connectivity index is 2.18. The maximum Gasteiger partial charge on any atom is 0.248 e. The van der Waals surface area contributed by atoms with Gasteiger partial charge in [0.15, 0.2) is 0 Å². The topological polar surface area (TPSA) is 47.6 Å². The third-order valence-corrected chi connectivity index (χ3v) is 2.65. The van der Waals surface area contributed by atoms with Crippen LogP contribution >= 0.6 is 0 Å². The average Bonchev–Trinajstić information content (AvgIpc) is 2.24. The lowest BCUT2D eigenvalue weighted by Gasteiger charge is -2.27. The van der Waals surface area contributed by atoms with Crippen LogP contribution in [0.4, 0.5) is 8.78 Å². The molecule has 0 aromatic heterocycles. The van der Waals surface area contributed by atoms with Crippen molar-refractivity contribution in [3.8, 4) is 0 Å². The van der Waals surface area contributed by atoms with E-state index < -0.39 is 5.92 Å². The number of hydroxylamine groups is 1. The number of alkyl halides is 2. The molecule has 0 spiro atoms. The molecule has 16 heavy (non-hydrogen) atoms. The van der Waals surface area contributed by atoms with Gasteiger partial charge in [0.2, 0.25) is 11.8 Å². The van der Waals surface area contributed by atoms with Crippen LogP contribution in [0.3, 0.4) is 0 Å². The van der Waals surface area contributed by atoms with Gasteiger partial charge in [-0.25, -0.2) is 14.3 Å². The van der Waals surface area contributed by atoms with Gasteiger partial charge in [-0.15, -0.1) is 0 Å². The molecule has 1 amide bonds. The van der Waals surface area contributed by atoms with Crippen molar-refractivity contribution in [2.75, 3.05) is 20.3 Å². The van der Waals surface area contributed by atoms with Gasteiger partial charge in [-0.05, 0) is 12.8 Å². The van der Waals surface area contributed by atoms with Crippen LogP contribution in [0.15, 0.2) is 0 Å². The van der Waals surface area contributed by atoms with Gasteiger partial charge in [0.1, 0.15) is 0 Å². The molecule has 4 nitrogen and oxygen atoms in total. The van der Waals surface area contributed by atoms with E-state index in [1.54, 1.807) is 0 Å². The zero-order valence-electron chi connectivity index (χ0n) is 9.30. The number of amides is 1. The van der Waals surface area contributed by atoms with Crippen LogP contribution in [-0.2, 0) is 14.4 Å². The summed E-state index contributed by atoms with van der Waals surface area (Å²) >= 11 is 0. The normalized spacial score (nSPS) is 20.7. The Hall–Kier alpha value is -0.750. The van der Waals surface area contributed by atoms with Gasteiger partial charge in [0.25, 0.3) is 0 Å². The molecule has 0 saturated heterocycles. The third kappa shape index (κ3) is 4.40. The average molecular weight is 237 g/mol. The summed E-state index contributed by atoms with van der Waals surface area (Å²) in [4.78, 5) is 16.3. The van der Waals surface area contributed by atoms with E-state index in [1.165, 1.54) is 7.11 Å². The zero-order chi connectivity index (χ0) is 12.0. The summed E-state index contributed by atoms with van der Waals surface area (Å²) in [6, 6.07) is 0. The number of rotatable bonds is 5. The van der Waals surface area contributed by atoms with Crippen molar-refractivity contribution in [1.29, 1.82) is 0 Å². The van der Waals surface area contributed by atoms with Crippen LogP contribution in [0.5, 0.6) is 0 Å². The van der Waals surface area contributed by atoms with Crippen molar-refractivity contribution in [3.63, 3.8) is 0 Å². The number of carbonyl (C=O) groups is 1. The van der Waals surface area contributed by atoms with Crippen LogP contribution in [0.25, 0.3) is 0 Å². The van der Waals surface area contributed by atoms with Crippen LogP contribution < -0.4 is 5.48 Å². The predicted octanol–water partition coefficient (Wildman–Crippen LogP) is 1.51. The summed E-state index contributed by atoms with van der Waals surface area (Å²) in [5.74, 6) is -3.28. The first-order chi connectivity index (χ1) is 7.55. The molecule has 0 aromatic carbocycles. The first-order valence-corrected chi connectivity index (χ1v) is 5.33. The Labute approximate surface area is 93.2 Å². The lowest BCUT2D eigenvalue weighted by molar-refractivity contribution is -0.142. The molecule has 1 fully saturated rings. The van der Waals surface area contributed by atoms with Crippen molar-refractivity contribution >= 4 is 5.91 Å². The monoisotopic (exact) mass is 237 g/mol. The van der Waals surface area contributed by atoms with Gasteiger partial charge in [-0.1, -0.05) is 0 Å². The molecule has 1 aliphatic rings. The fraction of sp³-hybridized carbons (Fsp3) is 0.900. The van der Waals surface area contributed by atoms with Crippen molar-refractivity contribution in [1.82, 2.24) is 5.48 Å². The van der Waals surface area contributed by atoms with Gasteiger partial charge >= 0.3 is 0 Å². The Bertz CT molecular complexity index is 226. The van der Waals surface area contributed by atoms with Gasteiger partial charge < -0.3 is 4.74 Å². The van der Waals surface area contributed by atoms with E-state index >= 15 is 0 Å². The SMILES string of the molecule is COCCONC(=O)C1CCC(F)(F)CC1. The van der Waals surface area contributed by atoms with E-state index in [1.807, 2.05) is 0 Å². The quantitative estimate of drug-likeness (QED) is 0.582. The van der Waals surface area contributed by atoms with Crippen LogP contribution in [0.2, 0.25) is 0 Å². The molecule has 0 bridgehead atoms. The smallest absolute Gasteiger partial charge is 0.248 e. The zero-order valence-corrected chi connectivity index (χ0v) is 9.30. The van der Waals surface area contributed by atoms with Crippen molar-refractivity contribution in [3.05, 3.63) is 0 Å². The summed E-state index contributed by atoms with van der Waals surface area (Å²) in [5, 5.41) is 0. The first kappa shape index (κ1) is 13.3. The fourth-order valence-corrected chi connectivity index (χ4v) is 1.63. The maximum absolute atomic E-state index is 12.8. The minimum atomic E-state index is -2.60. The molecular formula is C10H17F2NO3. The standard InChI is InChI=1S/C10H17F2NO3/c1-15-6-7-16-13-9(14)8-2-4-10(11,12)5-3-8/h8H,2-7H2,1H3,(H,13,14). The van der Waals surface area contributed by atoms with E-state index in [4.69, 9.17) is 9.57 Å². The first-order valence-electron chi connectivity index (χ1n) is 5.33. The number of hydrogen-bond acceptors (Lipinski definition) is 3. The number of methoxy groups -OCH3 is 1. The molecule has 1 saturated carbocycles. The summed E-state index contributed by atoms with van der Waals surface area (Å²) < 4.78 is 30.3. The van der Waals surface area contributed by atoms with Crippen LogP contribution in [0, 0.1) is 5.92 Å². The lowest BCUT2D eigenvalue weighted by Crippen LogP contribution is -2.36. The number of ether oxygens (including phenoxy) is 1. The Morgan fingerprint density at radius 1 is 1.38 bits per heavy atom. The molecule has 0 heterocycles. The van der Waals surface area contributed by atoms with Crippen LogP contribution in [0.1, 0.15) is 25.7 Å². The summed E-state index contributed by atoms with van der Waals surface area (Å²) in [7, 11) is 1.52. The van der Waals surface area contributed by atoms with Gasteiger partial charge in [-0.3, -0.25) is 9.63 Å². The fourth-order valence-electron chi connectivity index (χ4n) is 1.63. The molecule has 0 unspecified atom stereocenters. The largest absolute Gasteiger partial charge is 0.382 e. The molecule has 1 rings (SSSR count). The number of nitrogens with one attached hydrogen (secondary N) is 1. The number of carbonyl (C=O) groups excluding carboxylic acids is 1. The second kappa shape index (κ2) is 6.10. The minimum absolute atomic E-state index is 0.215. The van der Waals surface area contributed by atoms with Crippen LogP contribution in [-0.4, -0.2) is 32.2 Å².